The molecule has 8 nitrogen and oxygen atoms in total. The molecular formula is C19H17F4N7O. The number of imidazole rings is 1. The van der Waals surface area contributed by atoms with Crippen molar-refractivity contribution in [1.29, 1.82) is 0 Å². The van der Waals surface area contributed by atoms with Gasteiger partial charge in [-0.25, -0.2) is 14.4 Å². The van der Waals surface area contributed by atoms with Gasteiger partial charge >= 0.3 is 6.18 Å². The van der Waals surface area contributed by atoms with Crippen LogP contribution in [0.2, 0.25) is 0 Å². The fraction of sp³-hybridized carbons (Fsp3) is 0.316. The lowest BCUT2D eigenvalue weighted by atomic mass is 10.2. The van der Waals surface area contributed by atoms with Gasteiger partial charge in [0, 0.05) is 18.9 Å². The van der Waals surface area contributed by atoms with Crippen molar-refractivity contribution in [3.05, 3.63) is 58.2 Å². The Morgan fingerprint density at radius 2 is 2.03 bits per heavy atom. The van der Waals surface area contributed by atoms with Crippen LogP contribution in [0.4, 0.5) is 17.6 Å². The predicted molar refractivity (Wildman–Crippen MR) is 103 cm³/mol. The molecule has 0 unspecified atom stereocenters. The zero-order valence-corrected chi connectivity index (χ0v) is 16.3. The molecule has 1 N–H and O–H groups in total. The van der Waals surface area contributed by atoms with E-state index < -0.39 is 24.1 Å². The van der Waals surface area contributed by atoms with Crippen molar-refractivity contribution in [3.63, 3.8) is 0 Å². The molecular weight excluding hydrogens is 418 g/mol. The van der Waals surface area contributed by atoms with Crippen LogP contribution in [0.5, 0.6) is 0 Å². The summed E-state index contributed by atoms with van der Waals surface area (Å²) >= 11 is 0. The second-order valence-corrected chi connectivity index (χ2v) is 6.88. The fourth-order valence-electron chi connectivity index (χ4n) is 3.29. The van der Waals surface area contributed by atoms with Crippen LogP contribution in [-0.4, -0.2) is 34.3 Å². The molecule has 0 aromatic carbocycles. The number of aryl methyl sites for hydroxylation is 1. The van der Waals surface area contributed by atoms with Crippen LogP contribution in [0, 0.1) is 0 Å². The Kier molecular flexibility index (Phi) is 5.29. The van der Waals surface area contributed by atoms with Gasteiger partial charge in [0.2, 0.25) is 0 Å². The summed E-state index contributed by atoms with van der Waals surface area (Å²) in [7, 11) is 0. The average molecular weight is 435 g/mol. The van der Waals surface area contributed by atoms with Crippen molar-refractivity contribution in [2.75, 3.05) is 0 Å². The van der Waals surface area contributed by atoms with Crippen LogP contribution in [0.15, 0.2) is 35.5 Å². The van der Waals surface area contributed by atoms with E-state index in [9.17, 15) is 22.4 Å². The van der Waals surface area contributed by atoms with Crippen LogP contribution < -0.4 is 5.56 Å². The van der Waals surface area contributed by atoms with Gasteiger partial charge in [0.1, 0.15) is 24.0 Å². The Hall–Kier alpha value is -3.57. The van der Waals surface area contributed by atoms with Crippen LogP contribution in [0.3, 0.4) is 0 Å². The van der Waals surface area contributed by atoms with E-state index in [0.29, 0.717) is 29.9 Å². The van der Waals surface area contributed by atoms with Crippen molar-refractivity contribution < 1.29 is 17.6 Å². The number of aromatic nitrogens is 7. The Morgan fingerprint density at radius 1 is 1.23 bits per heavy atom. The van der Waals surface area contributed by atoms with Gasteiger partial charge in [-0.3, -0.25) is 14.5 Å². The topological polar surface area (TPSA) is 94.3 Å². The van der Waals surface area contributed by atoms with E-state index in [0.717, 1.165) is 12.3 Å². The number of H-pyrrole nitrogens is 1. The minimum atomic E-state index is -4.53. The molecule has 0 bridgehead atoms. The molecule has 4 rings (SSSR count). The third kappa shape index (κ3) is 4.05. The number of halogens is 4. The van der Waals surface area contributed by atoms with Gasteiger partial charge in [-0.1, -0.05) is 6.92 Å². The molecule has 4 heterocycles. The first kappa shape index (κ1) is 20.7. The van der Waals surface area contributed by atoms with Gasteiger partial charge in [0.05, 0.1) is 18.3 Å². The normalized spacial score (nSPS) is 12.0. The quantitative estimate of drug-likeness (QED) is 0.469. The molecule has 31 heavy (non-hydrogen) atoms. The summed E-state index contributed by atoms with van der Waals surface area (Å²) in [6.07, 6.45) is 0.390. The van der Waals surface area contributed by atoms with Gasteiger partial charge in [0.25, 0.3) is 5.56 Å². The van der Waals surface area contributed by atoms with E-state index in [-0.39, 0.29) is 23.5 Å². The third-order valence-electron chi connectivity index (χ3n) is 4.59. The molecule has 0 aliphatic carbocycles. The SMILES string of the molecule is CCCn1c(-c2cnn(Cc3ccnc(C(F)(F)F)c3)c2)nc2nc(CF)[nH]c(=O)c21. The highest BCUT2D eigenvalue weighted by Crippen LogP contribution is 2.28. The lowest BCUT2D eigenvalue weighted by Gasteiger charge is -2.08. The lowest BCUT2D eigenvalue weighted by molar-refractivity contribution is -0.141. The first-order valence-corrected chi connectivity index (χ1v) is 9.40. The second kappa shape index (κ2) is 7.93. The highest BCUT2D eigenvalue weighted by atomic mass is 19.4. The molecule has 0 saturated heterocycles. The largest absolute Gasteiger partial charge is 0.433 e. The number of alkyl halides is 4. The van der Waals surface area contributed by atoms with Gasteiger partial charge in [-0.05, 0) is 24.1 Å². The van der Waals surface area contributed by atoms with Crippen molar-refractivity contribution in [3.8, 4) is 11.4 Å². The number of hydrogen-bond acceptors (Lipinski definition) is 5. The van der Waals surface area contributed by atoms with E-state index in [1.54, 1.807) is 10.8 Å². The third-order valence-corrected chi connectivity index (χ3v) is 4.59. The summed E-state index contributed by atoms with van der Waals surface area (Å²) in [5, 5.41) is 4.20. The second-order valence-electron chi connectivity index (χ2n) is 6.88. The molecule has 4 aromatic rings. The minimum absolute atomic E-state index is 0.0877. The number of rotatable bonds is 6. The number of hydrogen-bond donors (Lipinski definition) is 1. The van der Waals surface area contributed by atoms with E-state index in [4.69, 9.17) is 0 Å². The summed E-state index contributed by atoms with van der Waals surface area (Å²) in [5.41, 5.74) is -0.186. The first-order valence-electron chi connectivity index (χ1n) is 9.40. The highest BCUT2D eigenvalue weighted by molar-refractivity contribution is 5.76. The molecule has 0 fully saturated rings. The average Bonchev–Trinajstić information content (AvgIpc) is 3.32. The predicted octanol–water partition coefficient (Wildman–Crippen LogP) is 3.32. The molecule has 0 radical (unpaired) electrons. The molecule has 162 valence electrons. The van der Waals surface area contributed by atoms with Gasteiger partial charge in [0.15, 0.2) is 11.2 Å². The van der Waals surface area contributed by atoms with Gasteiger partial charge in [-0.2, -0.15) is 18.3 Å². The van der Waals surface area contributed by atoms with E-state index in [2.05, 4.69) is 25.0 Å². The molecule has 0 saturated carbocycles. The highest BCUT2D eigenvalue weighted by Gasteiger charge is 2.32. The van der Waals surface area contributed by atoms with Crippen LogP contribution in [0.25, 0.3) is 22.6 Å². The molecule has 0 aliphatic rings. The number of aromatic amines is 1. The summed E-state index contributed by atoms with van der Waals surface area (Å²) in [4.78, 5) is 26.6. The maximum atomic E-state index is 13.0. The van der Waals surface area contributed by atoms with E-state index >= 15 is 0 Å². The maximum Gasteiger partial charge on any atom is 0.433 e. The fourth-order valence-corrected chi connectivity index (χ4v) is 3.29. The first-order chi connectivity index (χ1) is 14.8. The van der Waals surface area contributed by atoms with Crippen molar-refractivity contribution >= 4 is 11.2 Å². The summed E-state index contributed by atoms with van der Waals surface area (Å²) in [6.45, 7) is 1.56. The smallest absolute Gasteiger partial charge is 0.318 e. The molecule has 0 atom stereocenters. The Morgan fingerprint density at radius 3 is 2.74 bits per heavy atom. The minimum Gasteiger partial charge on any atom is -0.318 e. The molecule has 0 amide bonds. The van der Waals surface area contributed by atoms with Crippen LogP contribution in [-0.2, 0) is 25.9 Å². The molecule has 12 heteroatoms. The van der Waals surface area contributed by atoms with E-state index in [1.807, 2.05) is 6.92 Å². The summed E-state index contributed by atoms with van der Waals surface area (Å²) in [5.74, 6) is 0.307. The van der Waals surface area contributed by atoms with Crippen molar-refractivity contribution in [2.45, 2.75) is 39.3 Å². The van der Waals surface area contributed by atoms with Crippen LogP contribution in [0.1, 0.15) is 30.4 Å². The number of nitrogens with one attached hydrogen (secondary N) is 1. The zero-order chi connectivity index (χ0) is 22.2. The maximum absolute atomic E-state index is 13.0. The lowest BCUT2D eigenvalue weighted by Crippen LogP contribution is -2.15. The summed E-state index contributed by atoms with van der Waals surface area (Å²) in [6, 6.07) is 2.44. The Bertz CT molecular complexity index is 1290. The molecule has 0 spiro atoms. The number of pyridine rings is 1. The summed E-state index contributed by atoms with van der Waals surface area (Å²) < 4.78 is 54.8. The van der Waals surface area contributed by atoms with Crippen LogP contribution >= 0.6 is 0 Å². The number of nitrogens with zero attached hydrogens (tertiary/aromatic N) is 6. The van der Waals surface area contributed by atoms with E-state index in [1.165, 1.54) is 16.9 Å². The monoisotopic (exact) mass is 435 g/mol. The van der Waals surface area contributed by atoms with Gasteiger partial charge < -0.3 is 9.55 Å². The molecule has 0 aliphatic heterocycles. The number of fused-ring (bicyclic) bond motifs is 1. The zero-order valence-electron chi connectivity index (χ0n) is 16.3. The Labute approximate surface area is 172 Å². The van der Waals surface area contributed by atoms with Crippen molar-refractivity contribution in [1.82, 2.24) is 34.3 Å². The molecule has 4 aromatic heterocycles. The van der Waals surface area contributed by atoms with Gasteiger partial charge in [-0.15, -0.1) is 0 Å². The standard InChI is InChI=1S/C19H17F4N7O/c1-2-5-30-15-16(26-14(7-20)27-18(15)31)28-17(30)12-8-25-29(10-12)9-11-3-4-24-13(6-11)19(21,22)23/h3-4,6,8,10H,2,5,7,9H2,1H3,(H,26,27,31). The van der Waals surface area contributed by atoms with Crippen molar-refractivity contribution in [2.24, 2.45) is 0 Å². The Balaban J connectivity index is 1.71.